The summed E-state index contributed by atoms with van der Waals surface area (Å²) in [6.45, 7) is 3.45. The van der Waals surface area contributed by atoms with Gasteiger partial charge in [0.25, 0.3) is 0 Å². The zero-order valence-electron chi connectivity index (χ0n) is 12.2. The smallest absolute Gasteiger partial charge is 0.317 e. The molecular weight excluding hydrogens is 288 g/mol. The summed E-state index contributed by atoms with van der Waals surface area (Å²) in [5.41, 5.74) is 0. The predicted molar refractivity (Wildman–Crippen MR) is 82.4 cm³/mol. The van der Waals surface area contributed by atoms with Gasteiger partial charge in [-0.15, -0.1) is 11.3 Å². The summed E-state index contributed by atoms with van der Waals surface area (Å²) < 4.78 is 0. The van der Waals surface area contributed by atoms with E-state index in [2.05, 4.69) is 12.2 Å². The lowest BCUT2D eigenvalue weighted by Crippen LogP contribution is -2.40. The summed E-state index contributed by atoms with van der Waals surface area (Å²) >= 11 is 1.65. The first-order chi connectivity index (χ1) is 10.1. The number of aliphatic carboxylic acids is 1. The molecule has 1 aromatic rings. The number of urea groups is 1. The van der Waals surface area contributed by atoms with E-state index in [4.69, 9.17) is 5.11 Å². The molecule has 0 saturated carbocycles. The van der Waals surface area contributed by atoms with Crippen molar-refractivity contribution in [3.63, 3.8) is 0 Å². The normalized spacial score (nSPS) is 19.5. The van der Waals surface area contributed by atoms with Gasteiger partial charge < -0.3 is 15.3 Å². The number of nitrogens with zero attached hydrogens (tertiary/aromatic N) is 1. The van der Waals surface area contributed by atoms with E-state index in [-0.39, 0.29) is 18.5 Å². The topological polar surface area (TPSA) is 69.6 Å². The monoisotopic (exact) mass is 310 g/mol. The number of carbonyl (C=O) groups is 2. The van der Waals surface area contributed by atoms with Gasteiger partial charge in [-0.3, -0.25) is 4.79 Å². The summed E-state index contributed by atoms with van der Waals surface area (Å²) in [5.74, 6) is -0.449. The van der Waals surface area contributed by atoms with Crippen LogP contribution < -0.4 is 5.32 Å². The Morgan fingerprint density at radius 3 is 3.00 bits per heavy atom. The highest BCUT2D eigenvalue weighted by molar-refractivity contribution is 7.10. The van der Waals surface area contributed by atoms with Gasteiger partial charge >= 0.3 is 12.0 Å². The van der Waals surface area contributed by atoms with Crippen molar-refractivity contribution in [1.29, 1.82) is 0 Å². The second-order valence-electron chi connectivity index (χ2n) is 5.46. The van der Waals surface area contributed by atoms with Crippen LogP contribution in [-0.4, -0.2) is 35.1 Å². The van der Waals surface area contributed by atoms with Gasteiger partial charge in [-0.25, -0.2) is 4.79 Å². The molecule has 1 aliphatic rings. The van der Waals surface area contributed by atoms with Crippen LogP contribution in [0.2, 0.25) is 0 Å². The Bertz CT molecular complexity index is 475. The predicted octanol–water partition coefficient (Wildman–Crippen LogP) is 3.10. The highest BCUT2D eigenvalue weighted by Crippen LogP contribution is 2.24. The third-order valence-electron chi connectivity index (χ3n) is 3.93. The average Bonchev–Trinajstić information content (AvgIpc) is 3.13. The van der Waals surface area contributed by atoms with Crippen molar-refractivity contribution in [2.75, 3.05) is 13.1 Å². The Morgan fingerprint density at radius 2 is 2.38 bits per heavy atom. The highest BCUT2D eigenvalue weighted by Gasteiger charge is 2.27. The van der Waals surface area contributed by atoms with E-state index in [0.29, 0.717) is 18.9 Å². The molecule has 2 unspecified atom stereocenters. The van der Waals surface area contributed by atoms with Crippen LogP contribution in [0.5, 0.6) is 0 Å². The van der Waals surface area contributed by atoms with Crippen LogP contribution in [0.3, 0.4) is 0 Å². The lowest BCUT2D eigenvalue weighted by Gasteiger charge is -2.22. The summed E-state index contributed by atoms with van der Waals surface area (Å²) in [7, 11) is 0. The van der Waals surface area contributed by atoms with Gasteiger partial charge in [0.1, 0.15) is 0 Å². The van der Waals surface area contributed by atoms with Crippen LogP contribution >= 0.6 is 11.3 Å². The first-order valence-corrected chi connectivity index (χ1v) is 8.28. The van der Waals surface area contributed by atoms with E-state index in [1.54, 1.807) is 11.3 Å². The second-order valence-corrected chi connectivity index (χ2v) is 6.44. The lowest BCUT2D eigenvalue weighted by molar-refractivity contribution is -0.137. The second kappa shape index (κ2) is 7.45. The Kier molecular flexibility index (Phi) is 5.61. The molecule has 0 aromatic carbocycles. The van der Waals surface area contributed by atoms with E-state index in [1.165, 1.54) is 4.88 Å². The maximum atomic E-state index is 12.3. The number of carboxylic acids is 1. The van der Waals surface area contributed by atoms with Gasteiger partial charge in [-0.1, -0.05) is 13.0 Å². The molecule has 1 aromatic heterocycles. The minimum Gasteiger partial charge on any atom is -0.481 e. The van der Waals surface area contributed by atoms with E-state index >= 15 is 0 Å². The molecule has 1 aliphatic heterocycles. The van der Waals surface area contributed by atoms with Gasteiger partial charge in [0, 0.05) is 24.4 Å². The molecule has 0 radical (unpaired) electrons. The highest BCUT2D eigenvalue weighted by atomic mass is 32.1. The maximum absolute atomic E-state index is 12.3. The molecule has 21 heavy (non-hydrogen) atoms. The molecule has 0 aliphatic carbocycles. The first-order valence-electron chi connectivity index (χ1n) is 7.40. The van der Waals surface area contributed by atoms with E-state index in [0.717, 1.165) is 19.4 Å². The Morgan fingerprint density at radius 1 is 1.57 bits per heavy atom. The van der Waals surface area contributed by atoms with Crippen molar-refractivity contribution in [1.82, 2.24) is 10.2 Å². The molecule has 0 spiro atoms. The molecule has 0 bridgehead atoms. The fourth-order valence-electron chi connectivity index (χ4n) is 2.68. The standard InChI is InChI=1S/C15H22N2O3S/c1-2-12(13-4-3-9-21-13)16-15(20)17-8-7-11(10-17)5-6-14(18)19/h3-4,9,11-12H,2,5-8,10H2,1H3,(H,16,20)(H,18,19). The van der Waals surface area contributed by atoms with Gasteiger partial charge in [0.2, 0.25) is 0 Å². The molecule has 5 nitrogen and oxygen atoms in total. The van der Waals surface area contributed by atoms with Gasteiger partial charge in [0.05, 0.1) is 6.04 Å². The van der Waals surface area contributed by atoms with Crippen molar-refractivity contribution in [2.24, 2.45) is 5.92 Å². The third-order valence-corrected chi connectivity index (χ3v) is 4.92. The van der Waals surface area contributed by atoms with Crippen molar-refractivity contribution in [2.45, 2.75) is 38.6 Å². The number of hydrogen-bond donors (Lipinski definition) is 2. The first kappa shape index (κ1) is 15.8. The van der Waals surface area contributed by atoms with Gasteiger partial charge in [-0.05, 0) is 36.6 Å². The molecule has 2 heterocycles. The van der Waals surface area contributed by atoms with Crippen LogP contribution in [0.15, 0.2) is 17.5 Å². The lowest BCUT2D eigenvalue weighted by atomic mass is 10.0. The number of rotatable bonds is 6. The molecule has 6 heteroatoms. The summed E-state index contributed by atoms with van der Waals surface area (Å²) in [6, 6.07) is 4.06. The van der Waals surface area contributed by atoms with E-state index < -0.39 is 5.97 Å². The number of thiophene rings is 1. The number of amides is 2. The van der Waals surface area contributed by atoms with Crippen molar-refractivity contribution in [3.8, 4) is 0 Å². The van der Waals surface area contributed by atoms with E-state index in [1.807, 2.05) is 22.4 Å². The number of nitrogens with one attached hydrogen (secondary N) is 1. The van der Waals surface area contributed by atoms with Crippen LogP contribution in [0, 0.1) is 5.92 Å². The molecule has 2 N–H and O–H groups in total. The van der Waals surface area contributed by atoms with Gasteiger partial charge in [0.15, 0.2) is 0 Å². The quantitative estimate of drug-likeness (QED) is 0.848. The Balaban J connectivity index is 1.82. The summed E-state index contributed by atoms with van der Waals surface area (Å²) in [4.78, 5) is 25.9. The number of likely N-dealkylation sites (tertiary alicyclic amines) is 1. The fourth-order valence-corrected chi connectivity index (χ4v) is 3.55. The third kappa shape index (κ3) is 4.46. The molecule has 1 fully saturated rings. The van der Waals surface area contributed by atoms with Crippen LogP contribution in [0.1, 0.15) is 43.5 Å². The summed E-state index contributed by atoms with van der Waals surface area (Å²) in [5, 5.41) is 13.8. The number of carboxylic acid groups (broad SMARTS) is 1. The summed E-state index contributed by atoms with van der Waals surface area (Å²) in [6.07, 6.45) is 2.60. The maximum Gasteiger partial charge on any atom is 0.317 e. The Hall–Kier alpha value is -1.56. The van der Waals surface area contributed by atoms with Crippen LogP contribution in [-0.2, 0) is 4.79 Å². The van der Waals surface area contributed by atoms with Crippen molar-refractivity contribution >= 4 is 23.3 Å². The molecular formula is C15H22N2O3S. The van der Waals surface area contributed by atoms with Crippen molar-refractivity contribution in [3.05, 3.63) is 22.4 Å². The molecule has 2 atom stereocenters. The van der Waals surface area contributed by atoms with Crippen LogP contribution in [0.25, 0.3) is 0 Å². The fraction of sp³-hybridized carbons (Fsp3) is 0.600. The minimum absolute atomic E-state index is 0.0342. The average molecular weight is 310 g/mol. The van der Waals surface area contributed by atoms with Gasteiger partial charge in [-0.2, -0.15) is 0 Å². The molecule has 1 saturated heterocycles. The zero-order chi connectivity index (χ0) is 15.2. The molecule has 2 amide bonds. The molecule has 2 rings (SSSR count). The van der Waals surface area contributed by atoms with E-state index in [9.17, 15) is 9.59 Å². The van der Waals surface area contributed by atoms with Crippen molar-refractivity contribution < 1.29 is 14.7 Å². The SMILES string of the molecule is CCC(NC(=O)N1CCC(CCC(=O)O)C1)c1cccs1. The largest absolute Gasteiger partial charge is 0.481 e. The molecule has 116 valence electrons. The zero-order valence-corrected chi connectivity index (χ0v) is 13.1. The number of hydrogen-bond acceptors (Lipinski definition) is 3. The Labute approximate surface area is 129 Å². The van der Waals surface area contributed by atoms with Crippen LogP contribution in [0.4, 0.5) is 4.79 Å². The number of carbonyl (C=O) groups excluding carboxylic acids is 1. The minimum atomic E-state index is -0.762.